The van der Waals surface area contributed by atoms with Crippen LogP contribution in [0.5, 0.6) is 0 Å². The number of likely N-dealkylation sites (N-methyl/N-ethyl adjacent to an activating group) is 1. The third-order valence-electron chi connectivity index (χ3n) is 9.61. The van der Waals surface area contributed by atoms with Crippen LogP contribution in [-0.2, 0) is 20.9 Å². The first-order valence-corrected chi connectivity index (χ1v) is 16.9. The van der Waals surface area contributed by atoms with E-state index in [2.05, 4.69) is 142 Å². The first-order chi connectivity index (χ1) is 21.7. The van der Waals surface area contributed by atoms with Crippen molar-refractivity contribution in [1.29, 1.82) is 0 Å². The molecule has 0 atom stereocenters. The Morgan fingerprint density at radius 2 is 1.27 bits per heavy atom. The number of hydrogen-bond donors (Lipinski definition) is 0. The average molecular weight is 661 g/mol. The minimum atomic E-state index is -4.27. The van der Waals surface area contributed by atoms with Gasteiger partial charge in [0.1, 0.15) is 17.2 Å². The predicted octanol–water partition coefficient (Wildman–Crippen LogP) is 10.0. The summed E-state index contributed by atoms with van der Waals surface area (Å²) >= 11 is 0. The smallest absolute Gasteiger partial charge is 0.210 e. The number of rotatable bonds is 3. The van der Waals surface area contributed by atoms with Crippen molar-refractivity contribution in [2.75, 3.05) is 19.0 Å². The maximum atomic E-state index is 10.4. The van der Waals surface area contributed by atoms with E-state index in [4.69, 9.17) is 0 Å². The fourth-order valence-corrected chi connectivity index (χ4v) is 7.79. The zero-order valence-corrected chi connectivity index (χ0v) is 28.3. The molecule has 0 bridgehead atoms. The molecule has 0 unspecified atom stereocenters. The highest BCUT2D eigenvalue weighted by molar-refractivity contribution is 7.85. The third kappa shape index (κ3) is 6.11. The van der Waals surface area contributed by atoms with E-state index in [1.807, 2.05) is 6.92 Å². The second-order valence-corrected chi connectivity index (χ2v) is 14.7. The Bertz CT molecular complexity index is 2210. The lowest BCUT2D eigenvalue weighted by molar-refractivity contribution is -0.401. The molecule has 0 saturated carbocycles. The maximum Gasteiger partial charge on any atom is 0.210 e. The van der Waals surface area contributed by atoms with Crippen LogP contribution < -0.4 is 4.90 Å². The van der Waals surface area contributed by atoms with Crippen LogP contribution in [0.2, 0.25) is 0 Å². The van der Waals surface area contributed by atoms with E-state index < -0.39 is 10.1 Å². The molecule has 0 spiro atoms. The molecular formula is C42H48N2O3S. The van der Waals surface area contributed by atoms with Crippen LogP contribution in [0, 0.1) is 6.92 Å². The average Bonchev–Trinajstić information content (AvgIpc) is 3.34. The van der Waals surface area contributed by atoms with Gasteiger partial charge in [-0.3, -0.25) is 0 Å². The van der Waals surface area contributed by atoms with Gasteiger partial charge in [-0.2, -0.15) is 4.58 Å². The minimum Gasteiger partial charge on any atom is -0.744 e. The molecule has 250 valence electrons. The van der Waals surface area contributed by atoms with Gasteiger partial charge in [-0.25, -0.2) is 8.42 Å². The summed E-state index contributed by atoms with van der Waals surface area (Å²) in [4.78, 5) is 2.19. The molecule has 0 saturated heterocycles. The Balaban J connectivity index is 0.000000344. The van der Waals surface area contributed by atoms with Crippen molar-refractivity contribution in [2.24, 2.45) is 0 Å². The summed E-state index contributed by atoms with van der Waals surface area (Å²) in [7, 11) is 0.125. The molecule has 0 aromatic heterocycles. The van der Waals surface area contributed by atoms with Crippen LogP contribution in [0.3, 0.4) is 0 Å². The van der Waals surface area contributed by atoms with Crippen molar-refractivity contribution in [3.63, 3.8) is 0 Å². The van der Waals surface area contributed by atoms with Gasteiger partial charge in [-0.15, -0.1) is 0 Å². The normalized spacial score (nSPS) is 16.8. The van der Waals surface area contributed by atoms with E-state index in [-0.39, 0.29) is 30.6 Å². The van der Waals surface area contributed by atoms with Crippen molar-refractivity contribution < 1.29 is 17.5 Å². The molecule has 6 heteroatoms. The second kappa shape index (κ2) is 13.2. The molecule has 48 heavy (non-hydrogen) atoms. The lowest BCUT2D eigenvalue weighted by Gasteiger charge is -2.24. The van der Waals surface area contributed by atoms with E-state index in [1.54, 1.807) is 12.1 Å². The fourth-order valence-electron chi connectivity index (χ4n) is 7.32. The molecule has 2 aliphatic heterocycles. The molecular weight excluding hydrogens is 613 g/mol. The molecule has 7 rings (SSSR count). The van der Waals surface area contributed by atoms with Gasteiger partial charge in [0.2, 0.25) is 5.69 Å². The summed E-state index contributed by atoms with van der Waals surface area (Å²) in [5, 5.41) is 5.31. The van der Waals surface area contributed by atoms with Gasteiger partial charge in [0.05, 0.1) is 10.3 Å². The van der Waals surface area contributed by atoms with Crippen molar-refractivity contribution in [3.8, 4) is 0 Å². The highest BCUT2D eigenvalue weighted by Crippen LogP contribution is 2.50. The van der Waals surface area contributed by atoms with Crippen LogP contribution >= 0.6 is 0 Å². The Kier molecular flexibility index (Phi) is 9.97. The summed E-state index contributed by atoms with van der Waals surface area (Å²) in [6.07, 6.45) is 6.88. The van der Waals surface area contributed by atoms with E-state index in [1.165, 1.54) is 67.6 Å². The third-order valence-corrected chi connectivity index (χ3v) is 10.5. The van der Waals surface area contributed by atoms with E-state index in [0.29, 0.717) is 0 Å². The number of nitrogens with zero attached hydrogens (tertiary/aromatic N) is 2. The number of aryl methyl sites for hydroxylation is 1. The molecule has 0 radical (unpaired) electrons. The minimum absolute atomic E-state index is 0. The topological polar surface area (TPSA) is 63.5 Å². The Morgan fingerprint density at radius 3 is 1.85 bits per heavy atom. The van der Waals surface area contributed by atoms with Gasteiger partial charge >= 0.3 is 0 Å². The Labute approximate surface area is 287 Å². The number of benzene rings is 5. The summed E-state index contributed by atoms with van der Waals surface area (Å²) in [6.45, 7) is 11.2. The number of hydrogen-bond acceptors (Lipinski definition) is 4. The Morgan fingerprint density at radius 1 is 0.729 bits per heavy atom. The molecule has 0 fully saturated rings. The maximum absolute atomic E-state index is 10.4. The predicted molar refractivity (Wildman–Crippen MR) is 203 cm³/mol. The molecule has 0 N–H and O–H groups in total. The fraction of sp³-hybridized carbons (Fsp3) is 0.262. The number of fused-ring (bicyclic) bond motifs is 6. The summed E-state index contributed by atoms with van der Waals surface area (Å²) < 4.78 is 33.5. The quantitative estimate of drug-likeness (QED) is 0.143. The second-order valence-electron chi connectivity index (χ2n) is 13.3. The highest BCUT2D eigenvalue weighted by Gasteiger charge is 2.44. The van der Waals surface area contributed by atoms with Crippen LogP contribution in [0.25, 0.3) is 21.5 Å². The molecule has 2 aliphatic rings. The molecule has 0 aliphatic carbocycles. The van der Waals surface area contributed by atoms with Gasteiger partial charge in [0.15, 0.2) is 5.71 Å². The number of anilines is 1. The van der Waals surface area contributed by atoms with Crippen LogP contribution in [-0.4, -0.2) is 37.4 Å². The van der Waals surface area contributed by atoms with Gasteiger partial charge in [-0.1, -0.05) is 107 Å². The molecule has 5 aromatic carbocycles. The summed E-state index contributed by atoms with van der Waals surface area (Å²) in [5.41, 5.74) is 8.87. The lowest BCUT2D eigenvalue weighted by Crippen LogP contribution is -2.27. The van der Waals surface area contributed by atoms with Crippen molar-refractivity contribution in [1.82, 2.24) is 0 Å². The first-order valence-electron chi connectivity index (χ1n) is 15.5. The SMILES string of the molecule is C.C.CN1C(=CC=CC2=[N+](C)c3ccc4ccccc4c3C2(C)C)C(C)(C)c2c1ccc1ccccc21.Cc1ccc(S(=O)(=O)[O-])cc1. The van der Waals surface area contributed by atoms with Gasteiger partial charge in [0, 0.05) is 41.6 Å². The monoisotopic (exact) mass is 660 g/mol. The molecule has 0 amide bonds. The summed E-state index contributed by atoms with van der Waals surface area (Å²) in [5.74, 6) is 0. The van der Waals surface area contributed by atoms with Gasteiger partial charge in [0.25, 0.3) is 0 Å². The summed E-state index contributed by atoms with van der Waals surface area (Å²) in [6, 6.07) is 32.3. The largest absolute Gasteiger partial charge is 0.744 e. The van der Waals surface area contributed by atoms with E-state index >= 15 is 0 Å². The van der Waals surface area contributed by atoms with Crippen molar-refractivity contribution in [2.45, 2.75) is 65.2 Å². The van der Waals surface area contributed by atoms with E-state index in [9.17, 15) is 13.0 Å². The van der Waals surface area contributed by atoms with Crippen molar-refractivity contribution >= 4 is 48.7 Å². The molecule has 5 nitrogen and oxygen atoms in total. The lowest BCUT2D eigenvalue weighted by atomic mass is 9.79. The van der Waals surface area contributed by atoms with E-state index in [0.717, 1.165) is 5.56 Å². The molecule has 2 heterocycles. The number of allylic oxidation sites excluding steroid dienone is 4. The van der Waals surface area contributed by atoms with Gasteiger partial charge in [-0.05, 0) is 78.2 Å². The zero-order chi connectivity index (χ0) is 33.0. The zero-order valence-electron chi connectivity index (χ0n) is 27.5. The van der Waals surface area contributed by atoms with Crippen molar-refractivity contribution in [3.05, 3.63) is 138 Å². The first kappa shape index (κ1) is 36.3. The van der Waals surface area contributed by atoms with Crippen LogP contribution in [0.15, 0.2) is 126 Å². The Hall–Kier alpha value is -4.52. The van der Waals surface area contributed by atoms with Crippen LogP contribution in [0.4, 0.5) is 11.4 Å². The molecule has 5 aromatic rings. The van der Waals surface area contributed by atoms with Crippen LogP contribution in [0.1, 0.15) is 59.2 Å². The van der Waals surface area contributed by atoms with Gasteiger partial charge < -0.3 is 9.45 Å². The highest BCUT2D eigenvalue weighted by atomic mass is 32.2. The standard InChI is InChI=1S/C33H33N2.C7H8O3S.2CH4/c1-32(2)28(34(5)26-20-18-22-12-7-9-14-24(22)30(26)32)16-11-17-29-33(3,4)31-25-15-10-8-13-23(25)19-21-27(31)35(29)6;1-6-2-4-7(5-3-6)11(8,9)10;;/h7-21H,1-6H3;2-5H,1H3,(H,8,9,10);2*1H4/q+1;;;/p-1.